The summed E-state index contributed by atoms with van der Waals surface area (Å²) < 4.78 is 37.4. The highest BCUT2D eigenvalue weighted by Crippen LogP contribution is 2.32. The van der Waals surface area contributed by atoms with E-state index in [2.05, 4.69) is 14.9 Å². The molecule has 2 fully saturated rings. The number of aromatic nitrogens is 2. The summed E-state index contributed by atoms with van der Waals surface area (Å²) in [6.45, 7) is 6.50. The van der Waals surface area contributed by atoms with E-state index in [0.717, 1.165) is 44.2 Å². The predicted octanol–water partition coefficient (Wildman–Crippen LogP) is 2.22. The Labute approximate surface area is 170 Å². The van der Waals surface area contributed by atoms with E-state index < -0.39 is 12.1 Å². The Kier molecular flexibility index (Phi) is 6.40. The number of nitrogens with zero attached hydrogens (tertiary/aromatic N) is 4. The van der Waals surface area contributed by atoms with Crippen molar-refractivity contribution in [1.82, 2.24) is 19.8 Å². The number of likely N-dealkylation sites (tertiary alicyclic amines) is 2. The van der Waals surface area contributed by atoms with Crippen LogP contribution < -0.4 is 0 Å². The van der Waals surface area contributed by atoms with Gasteiger partial charge in [0.1, 0.15) is 17.2 Å². The van der Waals surface area contributed by atoms with Gasteiger partial charge in [-0.05, 0) is 30.9 Å². The predicted molar refractivity (Wildman–Crippen MR) is 97.3 cm³/mol. The lowest BCUT2D eigenvalue weighted by atomic mass is 10.0. The lowest BCUT2D eigenvalue weighted by Crippen LogP contribution is -2.33. The minimum Gasteiger partial charge on any atom is -0.475 e. The molecular formula is C19H21F3N4O4. The fourth-order valence-corrected chi connectivity index (χ4v) is 3.75. The summed E-state index contributed by atoms with van der Waals surface area (Å²) in [5.74, 6) is 0.321. The minimum absolute atomic E-state index is 0.000657. The van der Waals surface area contributed by atoms with Crippen LogP contribution in [-0.4, -0.2) is 69.1 Å². The molecule has 0 aromatic carbocycles. The normalized spacial score (nSPS) is 21.1. The van der Waals surface area contributed by atoms with Crippen molar-refractivity contribution in [2.75, 3.05) is 26.2 Å². The number of carboxylic acids is 1. The van der Waals surface area contributed by atoms with Gasteiger partial charge in [-0.2, -0.15) is 13.2 Å². The van der Waals surface area contributed by atoms with E-state index in [4.69, 9.17) is 14.3 Å². The van der Waals surface area contributed by atoms with Crippen LogP contribution in [-0.2, 0) is 11.3 Å². The Hall–Kier alpha value is -2.95. The molecule has 30 heavy (non-hydrogen) atoms. The molecule has 2 aromatic rings. The van der Waals surface area contributed by atoms with E-state index in [1.54, 1.807) is 18.6 Å². The van der Waals surface area contributed by atoms with Crippen molar-refractivity contribution in [3.8, 4) is 0 Å². The molecule has 0 bridgehead atoms. The second kappa shape index (κ2) is 8.82. The minimum atomic E-state index is -5.08. The Morgan fingerprint density at radius 2 is 1.80 bits per heavy atom. The first-order valence-corrected chi connectivity index (χ1v) is 9.26. The molecule has 0 spiro atoms. The number of rotatable bonds is 3. The van der Waals surface area contributed by atoms with Crippen molar-refractivity contribution in [3.63, 3.8) is 0 Å². The number of halogens is 3. The SMILES string of the molecule is Cc1ccc(CN2C[C@@H]3CN(C(=O)c4cnccn4)C[C@@H]3C2)o1.O=C(O)C(F)(F)F. The van der Waals surface area contributed by atoms with E-state index in [0.29, 0.717) is 17.5 Å². The number of carboxylic acid groups (broad SMARTS) is 1. The Morgan fingerprint density at radius 1 is 1.17 bits per heavy atom. The molecule has 0 radical (unpaired) electrons. The molecule has 11 heteroatoms. The van der Waals surface area contributed by atoms with Gasteiger partial charge in [0.05, 0.1) is 12.7 Å². The zero-order valence-corrected chi connectivity index (χ0v) is 16.2. The van der Waals surface area contributed by atoms with Crippen LogP contribution in [0.15, 0.2) is 35.1 Å². The van der Waals surface area contributed by atoms with E-state index in [1.807, 2.05) is 24.0 Å². The number of carbonyl (C=O) groups excluding carboxylic acids is 1. The maximum Gasteiger partial charge on any atom is 0.490 e. The van der Waals surface area contributed by atoms with Gasteiger partial charge in [-0.1, -0.05) is 0 Å². The molecule has 1 amide bonds. The van der Waals surface area contributed by atoms with Gasteiger partial charge in [-0.25, -0.2) is 9.78 Å². The van der Waals surface area contributed by atoms with Crippen LogP contribution >= 0.6 is 0 Å². The second-order valence-corrected chi connectivity index (χ2v) is 7.33. The molecule has 0 aliphatic carbocycles. The lowest BCUT2D eigenvalue weighted by Gasteiger charge is -2.20. The van der Waals surface area contributed by atoms with Crippen molar-refractivity contribution in [2.24, 2.45) is 11.8 Å². The van der Waals surface area contributed by atoms with Gasteiger partial charge in [0.15, 0.2) is 0 Å². The smallest absolute Gasteiger partial charge is 0.475 e. The molecule has 2 aromatic heterocycles. The first kappa shape index (κ1) is 21.8. The molecule has 2 aliphatic rings. The fourth-order valence-electron chi connectivity index (χ4n) is 3.75. The van der Waals surface area contributed by atoms with Crippen LogP contribution in [0.4, 0.5) is 13.2 Å². The van der Waals surface area contributed by atoms with Crippen molar-refractivity contribution >= 4 is 11.9 Å². The van der Waals surface area contributed by atoms with Gasteiger partial charge in [0.25, 0.3) is 5.91 Å². The number of carbonyl (C=O) groups is 2. The fraction of sp³-hybridized carbons (Fsp3) is 0.474. The highest BCUT2D eigenvalue weighted by molar-refractivity contribution is 5.92. The molecule has 0 unspecified atom stereocenters. The van der Waals surface area contributed by atoms with Crippen molar-refractivity contribution in [2.45, 2.75) is 19.6 Å². The molecule has 162 valence electrons. The average Bonchev–Trinajstić information content (AvgIpc) is 3.36. The molecule has 4 rings (SSSR count). The number of hydrogen-bond acceptors (Lipinski definition) is 6. The summed E-state index contributed by atoms with van der Waals surface area (Å²) in [7, 11) is 0. The zero-order chi connectivity index (χ0) is 21.9. The maximum absolute atomic E-state index is 12.4. The molecule has 1 N–H and O–H groups in total. The highest BCUT2D eigenvalue weighted by Gasteiger charge is 2.42. The number of amides is 1. The summed E-state index contributed by atoms with van der Waals surface area (Å²) in [5, 5.41) is 7.12. The van der Waals surface area contributed by atoms with Gasteiger partial charge >= 0.3 is 12.1 Å². The quantitative estimate of drug-likeness (QED) is 0.803. The van der Waals surface area contributed by atoms with E-state index >= 15 is 0 Å². The Balaban J connectivity index is 0.000000318. The molecule has 0 saturated carbocycles. The molecule has 4 heterocycles. The third-order valence-electron chi connectivity index (χ3n) is 5.05. The maximum atomic E-state index is 12.4. The first-order valence-electron chi connectivity index (χ1n) is 9.26. The molecule has 2 atom stereocenters. The number of aliphatic carboxylic acids is 1. The summed E-state index contributed by atoms with van der Waals surface area (Å²) in [6.07, 6.45) is -0.386. The summed E-state index contributed by atoms with van der Waals surface area (Å²) >= 11 is 0. The molecule has 2 saturated heterocycles. The number of furan rings is 1. The molecular weight excluding hydrogens is 405 g/mol. The van der Waals surface area contributed by atoms with Crippen LogP contribution in [0.25, 0.3) is 0 Å². The monoisotopic (exact) mass is 426 g/mol. The van der Waals surface area contributed by atoms with Crippen LogP contribution in [0.1, 0.15) is 22.0 Å². The van der Waals surface area contributed by atoms with Gasteiger partial charge in [0.2, 0.25) is 0 Å². The summed E-state index contributed by atoms with van der Waals surface area (Å²) in [6, 6.07) is 4.06. The molecule has 2 aliphatic heterocycles. The van der Waals surface area contributed by atoms with E-state index in [9.17, 15) is 18.0 Å². The van der Waals surface area contributed by atoms with Crippen LogP contribution in [0, 0.1) is 18.8 Å². The van der Waals surface area contributed by atoms with Crippen molar-refractivity contribution in [1.29, 1.82) is 0 Å². The number of aryl methyl sites for hydroxylation is 1. The Morgan fingerprint density at radius 3 is 2.27 bits per heavy atom. The molecule has 8 nitrogen and oxygen atoms in total. The van der Waals surface area contributed by atoms with Crippen LogP contribution in [0.2, 0.25) is 0 Å². The zero-order valence-electron chi connectivity index (χ0n) is 16.2. The van der Waals surface area contributed by atoms with Gasteiger partial charge < -0.3 is 14.4 Å². The van der Waals surface area contributed by atoms with Crippen molar-refractivity contribution < 1.29 is 32.3 Å². The van der Waals surface area contributed by atoms with Crippen molar-refractivity contribution in [3.05, 3.63) is 47.9 Å². The third kappa shape index (κ3) is 5.35. The van der Waals surface area contributed by atoms with Gasteiger partial charge in [0, 0.05) is 38.6 Å². The van der Waals surface area contributed by atoms with E-state index in [-0.39, 0.29) is 5.91 Å². The summed E-state index contributed by atoms with van der Waals surface area (Å²) in [5.41, 5.74) is 0.440. The highest BCUT2D eigenvalue weighted by atomic mass is 19.4. The standard InChI is InChI=1S/C17H20N4O2.C2HF3O2/c1-12-2-3-15(23-12)11-20-7-13-9-21(10-14(13)8-20)17(22)16-6-18-4-5-19-16;3-2(4,5)1(6)7/h2-6,13-14H,7-11H2,1H3;(H,6,7)/t13-,14+;. The lowest BCUT2D eigenvalue weighted by molar-refractivity contribution is -0.192. The number of hydrogen-bond donors (Lipinski definition) is 1. The van der Waals surface area contributed by atoms with Gasteiger partial charge in [-0.3, -0.25) is 14.7 Å². The van der Waals surface area contributed by atoms with E-state index in [1.165, 1.54) is 0 Å². The largest absolute Gasteiger partial charge is 0.490 e. The van der Waals surface area contributed by atoms with Crippen LogP contribution in [0.3, 0.4) is 0 Å². The third-order valence-corrected chi connectivity index (χ3v) is 5.05. The topological polar surface area (TPSA) is 99.8 Å². The first-order chi connectivity index (χ1) is 14.1. The summed E-state index contributed by atoms with van der Waals surface area (Å²) in [4.78, 5) is 33.8. The average molecular weight is 426 g/mol. The number of fused-ring (bicyclic) bond motifs is 1. The van der Waals surface area contributed by atoms with Gasteiger partial charge in [-0.15, -0.1) is 0 Å². The second-order valence-electron chi connectivity index (χ2n) is 7.33. The number of alkyl halides is 3. The Bertz CT molecular complexity index is 873. The van der Waals surface area contributed by atoms with Crippen LogP contribution in [0.5, 0.6) is 0 Å².